The van der Waals surface area contributed by atoms with Crippen LogP contribution < -0.4 is 4.74 Å². The zero-order valence-electron chi connectivity index (χ0n) is 11.2. The minimum atomic E-state index is -4.53. The summed E-state index contributed by atoms with van der Waals surface area (Å²) in [6.07, 6.45) is -4.53. The van der Waals surface area contributed by atoms with E-state index in [-0.39, 0.29) is 27.5 Å². The topological polar surface area (TPSA) is 46.5 Å². The lowest BCUT2D eigenvalue weighted by atomic mass is 9.99. The third kappa shape index (κ3) is 3.17. The third-order valence-electron chi connectivity index (χ3n) is 3.03. The summed E-state index contributed by atoms with van der Waals surface area (Å²) < 4.78 is 43.6. The molecule has 0 atom stereocenters. The molecule has 2 rings (SSSR count). The number of hydrogen-bond acceptors (Lipinski definition) is 2. The second kappa shape index (κ2) is 5.88. The number of carboxylic acid groups (broad SMARTS) is 1. The monoisotopic (exact) mass is 330 g/mol. The van der Waals surface area contributed by atoms with Gasteiger partial charge in [-0.15, -0.1) is 0 Å². The lowest BCUT2D eigenvalue weighted by Crippen LogP contribution is -2.05. The lowest BCUT2D eigenvalue weighted by Gasteiger charge is -2.14. The van der Waals surface area contributed by atoms with Crippen molar-refractivity contribution in [2.24, 2.45) is 0 Å². The molecule has 0 unspecified atom stereocenters. The first-order valence-electron chi connectivity index (χ1n) is 6.02. The van der Waals surface area contributed by atoms with Crippen molar-refractivity contribution in [3.05, 3.63) is 52.5 Å². The van der Waals surface area contributed by atoms with Gasteiger partial charge in [0.1, 0.15) is 5.75 Å². The van der Waals surface area contributed by atoms with E-state index in [2.05, 4.69) is 0 Å². The van der Waals surface area contributed by atoms with E-state index in [1.54, 1.807) is 0 Å². The Balaban J connectivity index is 2.70. The molecule has 0 aliphatic rings. The lowest BCUT2D eigenvalue weighted by molar-refractivity contribution is -0.137. The molecular weight excluding hydrogens is 321 g/mol. The van der Waals surface area contributed by atoms with Gasteiger partial charge >= 0.3 is 12.1 Å². The summed E-state index contributed by atoms with van der Waals surface area (Å²) >= 11 is 6.00. The van der Waals surface area contributed by atoms with E-state index in [0.29, 0.717) is 0 Å². The highest BCUT2D eigenvalue weighted by atomic mass is 35.5. The van der Waals surface area contributed by atoms with E-state index >= 15 is 0 Å². The number of carbonyl (C=O) groups is 1. The largest absolute Gasteiger partial charge is 0.496 e. The van der Waals surface area contributed by atoms with Crippen LogP contribution in [-0.2, 0) is 6.18 Å². The summed E-state index contributed by atoms with van der Waals surface area (Å²) in [5.41, 5.74) is -0.728. The first-order valence-corrected chi connectivity index (χ1v) is 6.40. The van der Waals surface area contributed by atoms with Crippen molar-refractivity contribution in [2.45, 2.75) is 6.18 Å². The molecule has 0 heterocycles. The van der Waals surface area contributed by atoms with E-state index in [1.165, 1.54) is 31.4 Å². The fourth-order valence-corrected chi connectivity index (χ4v) is 2.18. The van der Waals surface area contributed by atoms with Crippen molar-refractivity contribution in [2.75, 3.05) is 7.11 Å². The van der Waals surface area contributed by atoms with Gasteiger partial charge < -0.3 is 9.84 Å². The maximum absolute atomic E-state index is 12.9. The van der Waals surface area contributed by atoms with Gasteiger partial charge in [-0.25, -0.2) is 4.79 Å². The van der Waals surface area contributed by atoms with E-state index in [9.17, 15) is 18.0 Å². The molecule has 2 aromatic carbocycles. The molecule has 0 amide bonds. The molecule has 0 aliphatic carbocycles. The summed E-state index contributed by atoms with van der Waals surface area (Å²) in [5, 5.41) is 9.13. The third-order valence-corrected chi connectivity index (χ3v) is 3.36. The van der Waals surface area contributed by atoms with E-state index in [0.717, 1.165) is 12.1 Å². The summed E-state index contributed by atoms with van der Waals surface area (Å²) in [6.45, 7) is 0. The van der Waals surface area contributed by atoms with Crippen molar-refractivity contribution >= 4 is 17.6 Å². The van der Waals surface area contributed by atoms with Gasteiger partial charge in [0.05, 0.1) is 18.2 Å². The molecule has 3 nitrogen and oxygen atoms in total. The molecule has 0 fully saturated rings. The number of carboxylic acids is 1. The van der Waals surface area contributed by atoms with Crippen molar-refractivity contribution < 1.29 is 27.8 Å². The van der Waals surface area contributed by atoms with Gasteiger partial charge in [0.15, 0.2) is 0 Å². The summed E-state index contributed by atoms with van der Waals surface area (Å²) in [5.74, 6) is -1.04. The zero-order chi connectivity index (χ0) is 16.5. The standard InChI is InChI=1S/C15H10ClF3O3/c1-22-13-5-3-9(15(17,18)19)7-11(13)10-6-8(14(20)21)2-4-12(10)16/h2-7H,1H3,(H,20,21). The summed E-state index contributed by atoms with van der Waals surface area (Å²) in [7, 11) is 1.31. The van der Waals surface area contributed by atoms with Crippen LogP contribution in [0.2, 0.25) is 5.02 Å². The van der Waals surface area contributed by atoms with Crippen LogP contribution in [0.1, 0.15) is 15.9 Å². The minimum Gasteiger partial charge on any atom is -0.496 e. The summed E-state index contributed by atoms with van der Waals surface area (Å²) in [6, 6.07) is 6.74. The van der Waals surface area contributed by atoms with E-state index in [1.807, 2.05) is 0 Å². The second-order valence-electron chi connectivity index (χ2n) is 4.41. The smallest absolute Gasteiger partial charge is 0.416 e. The number of rotatable bonds is 3. The minimum absolute atomic E-state index is 0.0745. The van der Waals surface area contributed by atoms with Crippen LogP contribution in [0.5, 0.6) is 5.75 Å². The Morgan fingerprint density at radius 3 is 2.36 bits per heavy atom. The molecule has 7 heteroatoms. The number of aromatic carboxylic acids is 1. The molecular formula is C15H10ClF3O3. The molecule has 0 bridgehead atoms. The average Bonchev–Trinajstić information content (AvgIpc) is 2.46. The van der Waals surface area contributed by atoms with Crippen LogP contribution in [0, 0.1) is 0 Å². The maximum atomic E-state index is 12.9. The Bertz CT molecular complexity index is 726. The number of methoxy groups -OCH3 is 1. The van der Waals surface area contributed by atoms with Gasteiger partial charge in [-0.05, 0) is 36.4 Å². The van der Waals surface area contributed by atoms with Crippen molar-refractivity contribution in [1.29, 1.82) is 0 Å². The Morgan fingerprint density at radius 1 is 1.14 bits per heavy atom. The molecule has 0 saturated carbocycles. The van der Waals surface area contributed by atoms with Crippen molar-refractivity contribution in [3.63, 3.8) is 0 Å². The quantitative estimate of drug-likeness (QED) is 0.884. The highest BCUT2D eigenvalue weighted by molar-refractivity contribution is 6.33. The Morgan fingerprint density at radius 2 is 1.82 bits per heavy atom. The highest BCUT2D eigenvalue weighted by Crippen LogP contribution is 2.39. The molecule has 0 saturated heterocycles. The van der Waals surface area contributed by atoms with Gasteiger partial charge in [-0.2, -0.15) is 13.2 Å². The highest BCUT2D eigenvalue weighted by Gasteiger charge is 2.31. The molecule has 0 spiro atoms. The first kappa shape index (κ1) is 16.2. The number of ether oxygens (including phenoxy) is 1. The molecule has 0 radical (unpaired) electrons. The van der Waals surface area contributed by atoms with Gasteiger partial charge in [0.2, 0.25) is 0 Å². The van der Waals surface area contributed by atoms with Crippen LogP contribution in [0.3, 0.4) is 0 Å². The Labute approximate surface area is 128 Å². The van der Waals surface area contributed by atoms with Crippen LogP contribution in [0.15, 0.2) is 36.4 Å². The van der Waals surface area contributed by atoms with E-state index in [4.69, 9.17) is 21.4 Å². The van der Waals surface area contributed by atoms with Crippen LogP contribution in [-0.4, -0.2) is 18.2 Å². The maximum Gasteiger partial charge on any atom is 0.416 e. The molecule has 22 heavy (non-hydrogen) atoms. The number of benzene rings is 2. The SMILES string of the molecule is COc1ccc(C(F)(F)F)cc1-c1cc(C(=O)O)ccc1Cl. The molecule has 116 valence electrons. The number of alkyl halides is 3. The predicted molar refractivity (Wildman–Crippen MR) is 75.4 cm³/mol. The Kier molecular flexibility index (Phi) is 4.32. The second-order valence-corrected chi connectivity index (χ2v) is 4.82. The van der Waals surface area contributed by atoms with Crippen molar-refractivity contribution in [3.8, 4) is 16.9 Å². The fraction of sp³-hybridized carbons (Fsp3) is 0.133. The number of halogens is 4. The normalized spacial score (nSPS) is 11.3. The first-order chi connectivity index (χ1) is 10.2. The van der Waals surface area contributed by atoms with Crippen LogP contribution >= 0.6 is 11.6 Å². The molecule has 1 N–H and O–H groups in total. The van der Waals surface area contributed by atoms with Crippen LogP contribution in [0.25, 0.3) is 11.1 Å². The van der Waals surface area contributed by atoms with E-state index < -0.39 is 17.7 Å². The van der Waals surface area contributed by atoms with Crippen molar-refractivity contribution in [1.82, 2.24) is 0 Å². The summed E-state index contributed by atoms with van der Waals surface area (Å²) in [4.78, 5) is 11.0. The molecule has 2 aromatic rings. The van der Waals surface area contributed by atoms with Gasteiger partial charge in [0, 0.05) is 16.1 Å². The van der Waals surface area contributed by atoms with Crippen LogP contribution in [0.4, 0.5) is 13.2 Å². The van der Waals surface area contributed by atoms with Gasteiger partial charge in [0.25, 0.3) is 0 Å². The number of hydrogen-bond donors (Lipinski definition) is 1. The molecule has 0 aliphatic heterocycles. The average molecular weight is 331 g/mol. The molecule has 0 aromatic heterocycles. The Hall–Kier alpha value is -2.21. The predicted octanol–water partition coefficient (Wildman–Crippen LogP) is 4.73. The van der Waals surface area contributed by atoms with Gasteiger partial charge in [-0.3, -0.25) is 0 Å². The zero-order valence-corrected chi connectivity index (χ0v) is 12.0. The fourth-order valence-electron chi connectivity index (χ4n) is 1.96. The van der Waals surface area contributed by atoms with Gasteiger partial charge in [-0.1, -0.05) is 11.6 Å².